The quantitative estimate of drug-likeness (QED) is 0.490. The second-order valence-electron chi connectivity index (χ2n) is 4.77. The highest BCUT2D eigenvalue weighted by Crippen LogP contribution is 2.25. The van der Waals surface area contributed by atoms with Gasteiger partial charge in [-0.15, -0.1) is 10.2 Å². The number of amides is 1. The van der Waals surface area contributed by atoms with E-state index in [2.05, 4.69) is 46.4 Å². The van der Waals surface area contributed by atoms with Crippen molar-refractivity contribution in [1.82, 2.24) is 25.1 Å². The number of nitrogens with zero attached hydrogens (tertiary/aromatic N) is 4. The highest BCUT2D eigenvalue weighted by molar-refractivity contribution is 9.11. The summed E-state index contributed by atoms with van der Waals surface area (Å²) in [5, 5.41) is 13.0. The first-order valence-electron chi connectivity index (χ1n) is 6.84. The van der Waals surface area contributed by atoms with E-state index in [1.807, 2.05) is 24.3 Å². The maximum Gasteiger partial charge on any atom is 0.236 e. The molecule has 0 unspecified atom stereocenters. The molecule has 0 saturated carbocycles. The molecular formula is C14H9BrN6OS2. The molecule has 4 aromatic rings. The molecule has 24 heavy (non-hydrogen) atoms. The summed E-state index contributed by atoms with van der Waals surface area (Å²) in [6.45, 7) is 0. The molecule has 0 aliphatic carbocycles. The number of anilines is 1. The molecule has 0 spiro atoms. The third kappa shape index (κ3) is 3.12. The lowest BCUT2D eigenvalue weighted by molar-refractivity contribution is -0.113. The van der Waals surface area contributed by atoms with Crippen molar-refractivity contribution in [2.75, 3.05) is 11.1 Å². The van der Waals surface area contributed by atoms with Crippen molar-refractivity contribution in [2.45, 2.75) is 5.16 Å². The van der Waals surface area contributed by atoms with Crippen molar-refractivity contribution in [3.05, 3.63) is 34.2 Å². The number of carbonyl (C=O) groups is 1. The molecule has 0 radical (unpaired) electrons. The van der Waals surface area contributed by atoms with Crippen LogP contribution in [-0.4, -0.2) is 36.8 Å². The van der Waals surface area contributed by atoms with Crippen molar-refractivity contribution in [2.24, 2.45) is 0 Å². The number of thiazole rings is 1. The molecule has 0 bridgehead atoms. The number of aromatic amines is 1. The minimum absolute atomic E-state index is 0.165. The van der Waals surface area contributed by atoms with Crippen LogP contribution in [0.5, 0.6) is 0 Å². The molecule has 1 amide bonds. The van der Waals surface area contributed by atoms with Crippen LogP contribution in [0.2, 0.25) is 0 Å². The fraction of sp³-hybridized carbons (Fsp3) is 0.0714. The Morgan fingerprint density at radius 1 is 1.33 bits per heavy atom. The lowest BCUT2D eigenvalue weighted by atomic mass is 10.2. The zero-order valence-electron chi connectivity index (χ0n) is 12.0. The molecule has 0 aliphatic heterocycles. The number of carbonyl (C=O) groups excluding carboxylic acids is 1. The summed E-state index contributed by atoms with van der Waals surface area (Å²) in [6.07, 6.45) is 1.64. The van der Waals surface area contributed by atoms with E-state index in [-0.39, 0.29) is 11.7 Å². The van der Waals surface area contributed by atoms with E-state index in [4.69, 9.17) is 0 Å². The van der Waals surface area contributed by atoms with Crippen LogP contribution in [0.25, 0.3) is 22.1 Å². The van der Waals surface area contributed by atoms with Crippen molar-refractivity contribution in [3.8, 4) is 0 Å². The third-order valence-electron chi connectivity index (χ3n) is 3.16. The number of hydrogen-bond acceptors (Lipinski definition) is 7. The number of thioether (sulfide) groups is 1. The van der Waals surface area contributed by atoms with E-state index in [1.165, 1.54) is 23.1 Å². The van der Waals surface area contributed by atoms with Crippen LogP contribution in [-0.2, 0) is 4.79 Å². The van der Waals surface area contributed by atoms with Gasteiger partial charge in [0.15, 0.2) is 10.8 Å². The molecule has 0 aliphatic rings. The Hall–Kier alpha value is -2.04. The predicted molar refractivity (Wildman–Crippen MR) is 98.4 cm³/mol. The van der Waals surface area contributed by atoms with E-state index in [0.29, 0.717) is 15.9 Å². The van der Waals surface area contributed by atoms with E-state index >= 15 is 0 Å². The second kappa shape index (κ2) is 6.46. The van der Waals surface area contributed by atoms with Crippen LogP contribution in [0.3, 0.4) is 0 Å². The summed E-state index contributed by atoms with van der Waals surface area (Å²) in [6, 6.07) is 7.82. The minimum atomic E-state index is -0.165. The number of rotatable bonds is 4. The van der Waals surface area contributed by atoms with Gasteiger partial charge in [0.05, 0.1) is 15.7 Å². The van der Waals surface area contributed by atoms with Gasteiger partial charge in [0.2, 0.25) is 11.1 Å². The van der Waals surface area contributed by atoms with Gasteiger partial charge in [-0.2, -0.15) is 0 Å². The molecule has 0 atom stereocenters. The highest BCUT2D eigenvalue weighted by atomic mass is 79.9. The SMILES string of the molecule is O=C(CSc1nnc2c(n1)[nH]c1ccccc12)Nc1ncc(Br)s1. The first-order chi connectivity index (χ1) is 11.7. The van der Waals surface area contributed by atoms with Gasteiger partial charge in [-0.1, -0.05) is 41.3 Å². The summed E-state index contributed by atoms with van der Waals surface area (Å²) < 4.78 is 0.863. The van der Waals surface area contributed by atoms with E-state index < -0.39 is 0 Å². The Bertz CT molecular complexity index is 1050. The molecule has 3 heterocycles. The fourth-order valence-electron chi connectivity index (χ4n) is 2.16. The number of aromatic nitrogens is 5. The van der Waals surface area contributed by atoms with Crippen molar-refractivity contribution >= 4 is 72.1 Å². The normalized spacial score (nSPS) is 11.2. The minimum Gasteiger partial charge on any atom is -0.338 e. The van der Waals surface area contributed by atoms with Crippen LogP contribution in [0.1, 0.15) is 0 Å². The number of fused-ring (bicyclic) bond motifs is 3. The number of H-pyrrole nitrogens is 1. The maximum atomic E-state index is 11.9. The summed E-state index contributed by atoms with van der Waals surface area (Å²) in [7, 11) is 0. The molecule has 0 fully saturated rings. The summed E-state index contributed by atoms with van der Waals surface area (Å²) >= 11 is 5.89. The second-order valence-corrected chi connectivity index (χ2v) is 8.12. The van der Waals surface area contributed by atoms with Gasteiger partial charge >= 0.3 is 0 Å². The zero-order chi connectivity index (χ0) is 16.5. The van der Waals surface area contributed by atoms with Crippen molar-refractivity contribution < 1.29 is 4.79 Å². The number of benzene rings is 1. The summed E-state index contributed by atoms with van der Waals surface area (Å²) in [5.74, 6) is 0.0205. The van der Waals surface area contributed by atoms with Gasteiger partial charge in [-0.05, 0) is 22.0 Å². The predicted octanol–water partition coefficient (Wildman–Crippen LogP) is 3.46. The average molecular weight is 421 g/mol. The fourth-order valence-corrected chi connectivity index (χ4v) is 3.87. The van der Waals surface area contributed by atoms with Crippen LogP contribution < -0.4 is 5.32 Å². The van der Waals surface area contributed by atoms with Crippen LogP contribution in [0.4, 0.5) is 5.13 Å². The van der Waals surface area contributed by atoms with E-state index in [9.17, 15) is 4.79 Å². The van der Waals surface area contributed by atoms with Gasteiger partial charge in [0.25, 0.3) is 0 Å². The summed E-state index contributed by atoms with van der Waals surface area (Å²) in [4.78, 5) is 23.6. The molecule has 10 heteroatoms. The Balaban J connectivity index is 1.48. The molecule has 1 aromatic carbocycles. The number of nitrogens with one attached hydrogen (secondary N) is 2. The maximum absolute atomic E-state index is 11.9. The van der Waals surface area contributed by atoms with E-state index in [1.54, 1.807) is 6.20 Å². The number of halogens is 1. The Labute approximate surface area is 152 Å². The first-order valence-corrected chi connectivity index (χ1v) is 9.44. The largest absolute Gasteiger partial charge is 0.338 e. The van der Waals surface area contributed by atoms with Gasteiger partial charge in [0.1, 0.15) is 5.52 Å². The van der Waals surface area contributed by atoms with Crippen molar-refractivity contribution in [1.29, 1.82) is 0 Å². The molecule has 7 nitrogen and oxygen atoms in total. The molecule has 0 saturated heterocycles. The Kier molecular flexibility index (Phi) is 4.17. The lowest BCUT2D eigenvalue weighted by Gasteiger charge is -2.00. The van der Waals surface area contributed by atoms with Gasteiger partial charge < -0.3 is 10.3 Å². The topological polar surface area (TPSA) is 96.5 Å². The summed E-state index contributed by atoms with van der Waals surface area (Å²) in [5.41, 5.74) is 2.36. The zero-order valence-corrected chi connectivity index (χ0v) is 15.2. The first kappa shape index (κ1) is 15.5. The van der Waals surface area contributed by atoms with Crippen LogP contribution in [0, 0.1) is 0 Å². The van der Waals surface area contributed by atoms with Gasteiger partial charge in [-0.25, -0.2) is 9.97 Å². The van der Waals surface area contributed by atoms with Gasteiger partial charge in [0, 0.05) is 10.9 Å². The smallest absolute Gasteiger partial charge is 0.236 e. The Morgan fingerprint density at radius 3 is 3.04 bits per heavy atom. The number of hydrogen-bond donors (Lipinski definition) is 2. The lowest BCUT2D eigenvalue weighted by Crippen LogP contribution is -2.14. The molecule has 3 aromatic heterocycles. The molecule has 4 rings (SSSR count). The molecular weight excluding hydrogens is 412 g/mol. The van der Waals surface area contributed by atoms with Crippen LogP contribution in [0.15, 0.2) is 39.4 Å². The average Bonchev–Trinajstić information content (AvgIpc) is 3.15. The van der Waals surface area contributed by atoms with Crippen LogP contribution >= 0.6 is 39.0 Å². The third-order valence-corrected chi connectivity index (χ3v) is 5.39. The monoisotopic (exact) mass is 420 g/mol. The Morgan fingerprint density at radius 2 is 2.21 bits per heavy atom. The number of para-hydroxylation sites is 1. The van der Waals surface area contributed by atoms with Gasteiger partial charge in [-0.3, -0.25) is 4.79 Å². The van der Waals surface area contributed by atoms with Crippen molar-refractivity contribution in [3.63, 3.8) is 0 Å². The molecule has 2 N–H and O–H groups in total. The standard InChI is InChI=1S/C14H9BrN6OS2/c15-9-5-16-13(24-9)18-10(22)6-23-14-19-12-11(20-21-14)7-3-1-2-4-8(7)17-12/h1-5H,6H2,(H,16,18,22)(H,17,19,21). The highest BCUT2D eigenvalue weighted by Gasteiger charge is 2.11. The van der Waals surface area contributed by atoms with E-state index in [0.717, 1.165) is 20.2 Å². The molecule has 120 valence electrons.